The van der Waals surface area contributed by atoms with Crippen molar-refractivity contribution in [2.75, 3.05) is 44.0 Å². The third-order valence-corrected chi connectivity index (χ3v) is 5.84. The van der Waals surface area contributed by atoms with E-state index in [0.29, 0.717) is 50.5 Å². The molecule has 9 heteroatoms. The van der Waals surface area contributed by atoms with E-state index in [1.54, 1.807) is 36.3 Å². The Balaban J connectivity index is 1.39. The highest BCUT2D eigenvalue weighted by Crippen LogP contribution is 2.20. The number of urea groups is 2. The zero-order chi connectivity index (χ0) is 22.1. The van der Waals surface area contributed by atoms with E-state index >= 15 is 0 Å². The quantitative estimate of drug-likeness (QED) is 0.497. The van der Waals surface area contributed by atoms with Crippen molar-refractivity contribution < 1.29 is 19.1 Å². The minimum absolute atomic E-state index is 0.0252. The van der Waals surface area contributed by atoms with Gasteiger partial charge in [-0.2, -0.15) is 0 Å². The molecule has 4 N–H and O–H groups in total. The summed E-state index contributed by atoms with van der Waals surface area (Å²) in [4.78, 5) is 38.4. The van der Waals surface area contributed by atoms with Gasteiger partial charge < -0.3 is 30.9 Å². The van der Waals surface area contributed by atoms with Crippen LogP contribution >= 0.6 is 0 Å². The summed E-state index contributed by atoms with van der Waals surface area (Å²) >= 11 is 0. The minimum Gasteiger partial charge on any atom is -0.383 e. The van der Waals surface area contributed by atoms with E-state index in [1.807, 2.05) is 0 Å². The maximum Gasteiger partial charge on any atom is 0.321 e. The summed E-state index contributed by atoms with van der Waals surface area (Å²) in [5.41, 5.74) is 1.33. The van der Waals surface area contributed by atoms with Gasteiger partial charge in [-0.05, 0) is 49.9 Å². The van der Waals surface area contributed by atoms with Gasteiger partial charge in [0, 0.05) is 50.1 Å². The van der Waals surface area contributed by atoms with E-state index < -0.39 is 0 Å². The van der Waals surface area contributed by atoms with Crippen molar-refractivity contribution in [1.82, 2.24) is 15.5 Å². The molecule has 1 aliphatic carbocycles. The lowest BCUT2D eigenvalue weighted by molar-refractivity contribution is -0.126. The minimum atomic E-state index is -0.196. The smallest absolute Gasteiger partial charge is 0.321 e. The van der Waals surface area contributed by atoms with Crippen LogP contribution in [0, 0.1) is 5.92 Å². The van der Waals surface area contributed by atoms with Gasteiger partial charge >= 0.3 is 12.1 Å². The molecule has 2 aliphatic rings. The third-order valence-electron chi connectivity index (χ3n) is 5.84. The summed E-state index contributed by atoms with van der Waals surface area (Å²) in [5, 5.41) is 11.5. The molecule has 2 fully saturated rings. The van der Waals surface area contributed by atoms with E-state index in [0.717, 1.165) is 12.8 Å². The van der Waals surface area contributed by atoms with Crippen molar-refractivity contribution in [2.45, 2.75) is 44.6 Å². The molecule has 9 nitrogen and oxygen atoms in total. The molecule has 0 radical (unpaired) electrons. The molecule has 170 valence electrons. The Morgan fingerprint density at radius 1 is 0.968 bits per heavy atom. The molecule has 1 saturated carbocycles. The Kier molecular flexibility index (Phi) is 8.52. The van der Waals surface area contributed by atoms with E-state index in [9.17, 15) is 14.4 Å². The van der Waals surface area contributed by atoms with Crippen LogP contribution in [0.1, 0.15) is 38.5 Å². The number of anilines is 2. The Labute approximate surface area is 183 Å². The number of hydrogen-bond acceptors (Lipinski definition) is 4. The van der Waals surface area contributed by atoms with E-state index in [4.69, 9.17) is 4.74 Å². The van der Waals surface area contributed by atoms with Gasteiger partial charge in [-0.15, -0.1) is 0 Å². The fourth-order valence-corrected chi connectivity index (χ4v) is 4.03. The molecule has 1 heterocycles. The second-order valence-electron chi connectivity index (χ2n) is 8.13. The van der Waals surface area contributed by atoms with Gasteiger partial charge in [0.15, 0.2) is 0 Å². The Morgan fingerprint density at radius 2 is 1.58 bits per heavy atom. The Hall–Kier alpha value is -2.81. The third kappa shape index (κ3) is 7.13. The van der Waals surface area contributed by atoms with Crippen LogP contribution < -0.4 is 21.3 Å². The van der Waals surface area contributed by atoms with Gasteiger partial charge in [0.1, 0.15) is 0 Å². The lowest BCUT2D eigenvalue weighted by atomic mass is 9.96. The number of carbonyl (C=O) groups is 3. The molecule has 5 amide bonds. The average Bonchev–Trinajstić information content (AvgIpc) is 3.28. The van der Waals surface area contributed by atoms with Crippen LogP contribution in [-0.2, 0) is 9.53 Å². The summed E-state index contributed by atoms with van der Waals surface area (Å²) in [6, 6.07) is 6.94. The Morgan fingerprint density at radius 3 is 2.19 bits per heavy atom. The van der Waals surface area contributed by atoms with Crippen molar-refractivity contribution in [3.05, 3.63) is 24.3 Å². The summed E-state index contributed by atoms with van der Waals surface area (Å²) in [6.45, 7) is 2.07. The van der Waals surface area contributed by atoms with Crippen molar-refractivity contribution >= 4 is 29.3 Å². The molecule has 1 aromatic carbocycles. The van der Waals surface area contributed by atoms with E-state index in [1.165, 1.54) is 12.8 Å². The summed E-state index contributed by atoms with van der Waals surface area (Å²) in [6.07, 6.45) is 5.69. The summed E-state index contributed by atoms with van der Waals surface area (Å²) < 4.78 is 4.94. The predicted molar refractivity (Wildman–Crippen MR) is 119 cm³/mol. The van der Waals surface area contributed by atoms with Crippen molar-refractivity contribution in [1.29, 1.82) is 0 Å². The molecular weight excluding hydrogens is 398 g/mol. The first-order valence-corrected chi connectivity index (χ1v) is 11.1. The number of piperidine rings is 1. The first-order chi connectivity index (χ1) is 15.0. The fraction of sp³-hybridized carbons (Fsp3) is 0.591. The lowest BCUT2D eigenvalue weighted by Gasteiger charge is -2.31. The highest BCUT2D eigenvalue weighted by Gasteiger charge is 2.27. The molecule has 0 bridgehead atoms. The number of carbonyl (C=O) groups excluding carboxylic acids is 3. The van der Waals surface area contributed by atoms with E-state index in [-0.39, 0.29) is 29.9 Å². The van der Waals surface area contributed by atoms with Crippen molar-refractivity contribution in [3.63, 3.8) is 0 Å². The first-order valence-electron chi connectivity index (χ1n) is 11.1. The van der Waals surface area contributed by atoms with Crippen LogP contribution in [0.2, 0.25) is 0 Å². The molecule has 3 rings (SSSR count). The average molecular weight is 432 g/mol. The van der Waals surface area contributed by atoms with Gasteiger partial charge in [0.25, 0.3) is 0 Å². The maximum atomic E-state index is 12.5. The largest absolute Gasteiger partial charge is 0.383 e. The topological polar surface area (TPSA) is 112 Å². The monoisotopic (exact) mass is 431 g/mol. The van der Waals surface area contributed by atoms with Crippen LogP contribution in [0.25, 0.3) is 0 Å². The number of amides is 5. The normalized spacial score (nSPS) is 17.3. The Bertz CT molecular complexity index is 741. The number of methoxy groups -OCH3 is 1. The first kappa shape index (κ1) is 22.9. The standard InChI is InChI=1S/C22H33N5O4/c1-31-15-12-23-20(28)16-10-13-27(14-11-16)22(30)26-19-8-6-18(7-9-19)25-21(29)24-17-4-2-3-5-17/h6-9,16-17H,2-5,10-15H2,1H3,(H,23,28)(H,26,30)(H2,24,25,29). The van der Waals surface area contributed by atoms with Crippen LogP contribution in [-0.4, -0.2) is 62.3 Å². The van der Waals surface area contributed by atoms with Gasteiger partial charge in [-0.3, -0.25) is 4.79 Å². The van der Waals surface area contributed by atoms with Crippen LogP contribution in [0.15, 0.2) is 24.3 Å². The number of ether oxygens (including phenoxy) is 1. The molecule has 1 aromatic rings. The second-order valence-corrected chi connectivity index (χ2v) is 8.13. The van der Waals surface area contributed by atoms with Gasteiger partial charge in [0.05, 0.1) is 6.61 Å². The molecule has 1 saturated heterocycles. The summed E-state index contributed by atoms with van der Waals surface area (Å²) in [5.74, 6) is -0.0428. The van der Waals surface area contributed by atoms with Crippen LogP contribution in [0.3, 0.4) is 0 Å². The molecule has 0 spiro atoms. The highest BCUT2D eigenvalue weighted by molar-refractivity contribution is 5.92. The number of nitrogens with one attached hydrogen (secondary N) is 4. The van der Waals surface area contributed by atoms with Gasteiger partial charge in [-0.25, -0.2) is 9.59 Å². The highest BCUT2D eigenvalue weighted by atomic mass is 16.5. The van der Waals surface area contributed by atoms with Crippen LogP contribution in [0.5, 0.6) is 0 Å². The zero-order valence-electron chi connectivity index (χ0n) is 18.1. The predicted octanol–water partition coefficient (Wildman–Crippen LogP) is 2.76. The summed E-state index contributed by atoms with van der Waals surface area (Å²) in [7, 11) is 1.60. The number of nitrogens with zero attached hydrogens (tertiary/aromatic N) is 1. The molecular formula is C22H33N5O4. The van der Waals surface area contributed by atoms with Gasteiger partial charge in [-0.1, -0.05) is 12.8 Å². The molecule has 31 heavy (non-hydrogen) atoms. The molecule has 1 aliphatic heterocycles. The molecule has 0 unspecified atom stereocenters. The zero-order valence-corrected chi connectivity index (χ0v) is 18.1. The van der Waals surface area contributed by atoms with Crippen molar-refractivity contribution in [3.8, 4) is 0 Å². The fourth-order valence-electron chi connectivity index (χ4n) is 4.03. The number of rotatable bonds is 7. The van der Waals surface area contributed by atoms with Crippen molar-refractivity contribution in [2.24, 2.45) is 5.92 Å². The number of hydrogen-bond donors (Lipinski definition) is 4. The van der Waals surface area contributed by atoms with Crippen LogP contribution in [0.4, 0.5) is 21.0 Å². The lowest BCUT2D eigenvalue weighted by Crippen LogP contribution is -2.45. The number of likely N-dealkylation sites (tertiary alicyclic amines) is 1. The molecule has 0 atom stereocenters. The van der Waals surface area contributed by atoms with E-state index in [2.05, 4.69) is 21.3 Å². The SMILES string of the molecule is COCCNC(=O)C1CCN(C(=O)Nc2ccc(NC(=O)NC3CCCC3)cc2)CC1. The molecule has 0 aromatic heterocycles. The van der Waals surface area contributed by atoms with Gasteiger partial charge in [0.2, 0.25) is 5.91 Å². The number of benzene rings is 1. The maximum absolute atomic E-state index is 12.5. The second kappa shape index (κ2) is 11.5.